The van der Waals surface area contributed by atoms with Gasteiger partial charge in [0.15, 0.2) is 0 Å². The molecule has 1 amide bonds. The smallest absolute Gasteiger partial charge is 0.329 e. The molecule has 2 bridgehead atoms. The Morgan fingerprint density at radius 2 is 1.56 bits per heavy atom. The minimum Gasteiger partial charge on any atom is -0.456 e. The zero-order chi connectivity index (χ0) is 39.9. The molecule has 2 saturated carbocycles. The lowest BCUT2D eigenvalue weighted by atomic mass is 9.65. The molecule has 0 radical (unpaired) electrons. The molecule has 3 fully saturated rings. The summed E-state index contributed by atoms with van der Waals surface area (Å²) in [6.45, 7) is 9.55. The summed E-state index contributed by atoms with van der Waals surface area (Å²) in [7, 11) is 4.78. The maximum absolute atomic E-state index is 14.3. The summed E-state index contributed by atoms with van der Waals surface area (Å²) in [4.78, 5) is 57.2. The number of esters is 1. The van der Waals surface area contributed by atoms with E-state index in [1.54, 1.807) is 35.2 Å². The van der Waals surface area contributed by atoms with Crippen molar-refractivity contribution < 1.29 is 53.4 Å². The molecule has 0 aromatic rings. The first kappa shape index (κ1) is 44.2. The molecule has 2 aliphatic heterocycles. The van der Waals surface area contributed by atoms with E-state index in [9.17, 15) is 34.5 Å². The summed E-state index contributed by atoms with van der Waals surface area (Å²) in [5, 5.41) is 34.0. The maximum atomic E-state index is 14.3. The lowest BCUT2D eigenvalue weighted by molar-refractivity contribution is -0.178. The van der Waals surface area contributed by atoms with Gasteiger partial charge in [0.1, 0.15) is 23.5 Å². The zero-order valence-corrected chi connectivity index (χ0v) is 33.8. The molecule has 0 aromatic carbocycles. The summed E-state index contributed by atoms with van der Waals surface area (Å²) in [6.07, 6.45) is 5.17. The molecule has 0 aromatic heterocycles. The summed E-state index contributed by atoms with van der Waals surface area (Å²) in [5.74, 6) is -4.21. The molecule has 2 aliphatic carbocycles. The first-order valence-corrected chi connectivity index (χ1v) is 20.1. The summed E-state index contributed by atoms with van der Waals surface area (Å²) < 4.78 is 23.6. The number of ether oxygens (including phenoxy) is 4. The number of amides is 1. The van der Waals surface area contributed by atoms with Crippen molar-refractivity contribution in [1.29, 1.82) is 0 Å². The molecular formula is C42H67NO11. The normalized spacial score (nSPS) is 41.3. The topological polar surface area (TPSA) is 169 Å². The fourth-order valence-electron chi connectivity index (χ4n) is 9.49. The largest absolute Gasteiger partial charge is 0.456 e. The molecule has 4 rings (SSSR count). The van der Waals surface area contributed by atoms with Gasteiger partial charge in [-0.05, 0) is 101 Å². The highest BCUT2D eigenvalue weighted by Crippen LogP contribution is 2.43. The van der Waals surface area contributed by atoms with Crippen molar-refractivity contribution in [3.05, 3.63) is 23.3 Å². The van der Waals surface area contributed by atoms with Gasteiger partial charge in [0, 0.05) is 52.6 Å². The van der Waals surface area contributed by atoms with Gasteiger partial charge in [-0.3, -0.25) is 14.4 Å². The number of allylic oxidation sites excluding steroid dienone is 3. The molecule has 306 valence electrons. The van der Waals surface area contributed by atoms with E-state index in [4.69, 9.17) is 18.9 Å². The van der Waals surface area contributed by atoms with Crippen molar-refractivity contribution in [2.24, 2.45) is 29.6 Å². The highest BCUT2D eigenvalue weighted by Gasteiger charge is 2.55. The van der Waals surface area contributed by atoms with E-state index in [0.29, 0.717) is 56.9 Å². The molecule has 13 atom stereocenters. The van der Waals surface area contributed by atoms with Crippen molar-refractivity contribution in [3.8, 4) is 0 Å². The van der Waals surface area contributed by atoms with Gasteiger partial charge in [-0.25, -0.2) is 4.79 Å². The second kappa shape index (κ2) is 19.6. The predicted octanol–water partition coefficient (Wildman–Crippen LogP) is 4.50. The van der Waals surface area contributed by atoms with Crippen LogP contribution >= 0.6 is 0 Å². The molecule has 0 spiro atoms. The number of aliphatic hydroxyl groups is 3. The second-order valence-corrected chi connectivity index (χ2v) is 17.0. The van der Waals surface area contributed by atoms with E-state index >= 15 is 0 Å². The summed E-state index contributed by atoms with van der Waals surface area (Å²) in [5.41, 5.74) is -0.291. The number of carbonyl (C=O) groups excluding carboxylic acids is 4. The first-order chi connectivity index (χ1) is 25.5. The average Bonchev–Trinajstić information content (AvgIpc) is 3.15. The molecule has 2 heterocycles. The molecule has 4 aliphatic rings. The fraction of sp³-hybridized carbons (Fsp3) is 0.810. The van der Waals surface area contributed by atoms with Crippen molar-refractivity contribution in [2.45, 2.75) is 160 Å². The van der Waals surface area contributed by atoms with Crippen molar-refractivity contribution >= 4 is 23.4 Å². The highest BCUT2D eigenvalue weighted by atomic mass is 16.5. The van der Waals surface area contributed by atoms with Gasteiger partial charge in [-0.2, -0.15) is 0 Å². The number of Topliss-reactive ketones (excluding diaryl/α,β-unsaturated/α-hetero) is 2. The van der Waals surface area contributed by atoms with Crippen LogP contribution in [0.15, 0.2) is 23.3 Å². The highest BCUT2D eigenvalue weighted by molar-refractivity contribution is 6.39. The van der Waals surface area contributed by atoms with Crippen LogP contribution in [0.1, 0.15) is 112 Å². The Morgan fingerprint density at radius 1 is 0.889 bits per heavy atom. The predicted molar refractivity (Wildman–Crippen MR) is 202 cm³/mol. The van der Waals surface area contributed by atoms with Gasteiger partial charge in [-0.15, -0.1) is 0 Å². The van der Waals surface area contributed by atoms with Crippen molar-refractivity contribution in [1.82, 2.24) is 4.90 Å². The number of aliphatic hydroxyl groups excluding tert-OH is 2. The van der Waals surface area contributed by atoms with Crippen LogP contribution in [0.2, 0.25) is 0 Å². The lowest BCUT2D eigenvalue weighted by Gasteiger charge is -2.47. The Kier molecular flexibility index (Phi) is 16.0. The Bertz CT molecular complexity index is 1380. The zero-order valence-electron chi connectivity index (χ0n) is 33.8. The number of hydrogen-bond donors (Lipinski definition) is 3. The van der Waals surface area contributed by atoms with E-state index in [1.807, 2.05) is 26.0 Å². The summed E-state index contributed by atoms with van der Waals surface area (Å²) >= 11 is 0. The number of hydrogen-bond acceptors (Lipinski definition) is 11. The standard InChI is InChI=1S/C42H67NO11/c1-24-12-14-30(44)22-34(46)28(5)38(26(3)19-29-13-15-33(45)37(21-29)53-8)54-41(49)32-11-9-10-16-43(32)40(48)39(47)42(50)23-31(36(52-7)20-27(42)4)35(51-6)18-25(2)17-24/h12,19,25,27-29,31-38,45-46,50H,9-11,13-18,20-23H2,1-8H3/b24-12+,26-19+/t25-,27+,28+,29-,31+,32-,33+,34-,35-,36-,37+,38+,42-/m0/s1. The SMILES string of the molecule is CO[C@H]1C[C@@H](C)C/C(C)=C/CC(=O)C[C@H](O)[C@@H](C)[C@@H](/C(C)=C/[C@@H]2CC[C@@H](O)[C@H](OC)C2)OC(=O)[C@@H]2CCCCN2C(=O)C(=O)[C@]2(O)C[C@H]1[C@@H](OC)C[C@H]2C. The van der Waals surface area contributed by atoms with Gasteiger partial charge in [0.2, 0.25) is 0 Å². The van der Waals surface area contributed by atoms with Crippen LogP contribution in [0.25, 0.3) is 0 Å². The second-order valence-electron chi connectivity index (χ2n) is 17.0. The van der Waals surface area contributed by atoms with Crippen LogP contribution in [0.5, 0.6) is 0 Å². The third-order valence-electron chi connectivity index (χ3n) is 12.9. The third kappa shape index (κ3) is 10.5. The van der Waals surface area contributed by atoms with Gasteiger partial charge >= 0.3 is 5.97 Å². The number of cyclic esters (lactones) is 1. The van der Waals surface area contributed by atoms with E-state index < -0.39 is 59.5 Å². The molecule has 1 saturated heterocycles. The number of nitrogens with zero attached hydrogens (tertiary/aromatic N) is 1. The third-order valence-corrected chi connectivity index (χ3v) is 12.9. The number of fused-ring (bicyclic) bond motifs is 3. The Hall–Kier alpha value is -2.48. The summed E-state index contributed by atoms with van der Waals surface area (Å²) in [6, 6.07) is -1.07. The number of carbonyl (C=O) groups is 4. The quantitative estimate of drug-likeness (QED) is 0.205. The van der Waals surface area contributed by atoms with Crippen LogP contribution in [0.4, 0.5) is 0 Å². The van der Waals surface area contributed by atoms with Gasteiger partial charge in [-0.1, -0.05) is 38.5 Å². The van der Waals surface area contributed by atoms with Gasteiger partial charge < -0.3 is 39.2 Å². The van der Waals surface area contributed by atoms with Gasteiger partial charge in [0.05, 0.1) is 30.5 Å². The van der Waals surface area contributed by atoms with Crippen LogP contribution in [-0.4, -0.2) is 120 Å². The van der Waals surface area contributed by atoms with Crippen LogP contribution < -0.4 is 0 Å². The minimum absolute atomic E-state index is 0.0199. The number of piperidine rings is 1. The van der Waals surface area contributed by atoms with Gasteiger partial charge in [0.25, 0.3) is 11.7 Å². The average molecular weight is 762 g/mol. The van der Waals surface area contributed by atoms with Crippen LogP contribution in [0.3, 0.4) is 0 Å². The molecule has 0 unspecified atom stereocenters. The lowest BCUT2D eigenvalue weighted by Crippen LogP contribution is -2.61. The Morgan fingerprint density at radius 3 is 2.22 bits per heavy atom. The fourth-order valence-corrected chi connectivity index (χ4v) is 9.49. The molecule has 12 nitrogen and oxygen atoms in total. The maximum Gasteiger partial charge on any atom is 0.329 e. The van der Waals surface area contributed by atoms with E-state index in [2.05, 4.69) is 6.92 Å². The molecule has 3 N–H and O–H groups in total. The van der Waals surface area contributed by atoms with E-state index in [1.165, 1.54) is 4.90 Å². The number of methoxy groups -OCH3 is 3. The van der Waals surface area contributed by atoms with Crippen molar-refractivity contribution in [3.63, 3.8) is 0 Å². The molecular weight excluding hydrogens is 694 g/mol. The van der Waals surface area contributed by atoms with E-state index in [-0.39, 0.29) is 74.1 Å². The van der Waals surface area contributed by atoms with Crippen LogP contribution in [-0.2, 0) is 38.1 Å². The van der Waals surface area contributed by atoms with Crippen LogP contribution in [0, 0.1) is 29.6 Å². The van der Waals surface area contributed by atoms with E-state index in [0.717, 1.165) is 5.57 Å². The number of ketones is 2. The monoisotopic (exact) mass is 761 g/mol. The first-order valence-electron chi connectivity index (χ1n) is 20.1. The number of rotatable bonds is 5. The Balaban J connectivity index is 1.72. The van der Waals surface area contributed by atoms with Crippen molar-refractivity contribution in [2.75, 3.05) is 27.9 Å². The Labute approximate surface area is 322 Å². The minimum atomic E-state index is -1.99. The molecule has 12 heteroatoms. The molecule has 54 heavy (non-hydrogen) atoms.